The zero-order valence-electron chi connectivity index (χ0n) is 17.6. The first-order chi connectivity index (χ1) is 14.6. The lowest BCUT2D eigenvalue weighted by molar-refractivity contribution is -0.880. The normalized spacial score (nSPS) is 14.4. The SMILES string of the molecule is COc1ccc(-c2nc(-c3cccc(C)c3)nc(N3CC[NH+](C)CC3)c2C#N)cc1. The van der Waals surface area contributed by atoms with Crippen LogP contribution in [0.3, 0.4) is 0 Å². The minimum atomic E-state index is 0.524. The highest BCUT2D eigenvalue weighted by atomic mass is 16.5. The van der Waals surface area contributed by atoms with Gasteiger partial charge < -0.3 is 14.5 Å². The van der Waals surface area contributed by atoms with E-state index in [1.165, 1.54) is 4.90 Å². The molecule has 3 aromatic rings. The highest BCUT2D eigenvalue weighted by molar-refractivity contribution is 5.76. The Morgan fingerprint density at radius 2 is 1.77 bits per heavy atom. The summed E-state index contributed by atoms with van der Waals surface area (Å²) in [5, 5.41) is 10.1. The first-order valence-corrected chi connectivity index (χ1v) is 10.2. The van der Waals surface area contributed by atoms with Gasteiger partial charge in [0.1, 0.15) is 17.4 Å². The minimum Gasteiger partial charge on any atom is -0.497 e. The van der Waals surface area contributed by atoms with E-state index in [4.69, 9.17) is 14.7 Å². The summed E-state index contributed by atoms with van der Waals surface area (Å²) in [7, 11) is 3.84. The molecule has 6 heteroatoms. The van der Waals surface area contributed by atoms with Crippen molar-refractivity contribution in [2.75, 3.05) is 45.2 Å². The van der Waals surface area contributed by atoms with Crippen molar-refractivity contribution < 1.29 is 9.64 Å². The van der Waals surface area contributed by atoms with Gasteiger partial charge in [-0.15, -0.1) is 0 Å². The maximum Gasteiger partial charge on any atom is 0.162 e. The molecule has 0 saturated carbocycles. The van der Waals surface area contributed by atoms with Crippen LogP contribution in [0.2, 0.25) is 0 Å². The third-order valence-corrected chi connectivity index (χ3v) is 5.56. The number of piperazine rings is 1. The predicted octanol–water partition coefficient (Wildman–Crippen LogP) is 2.33. The smallest absolute Gasteiger partial charge is 0.162 e. The molecule has 0 atom stereocenters. The van der Waals surface area contributed by atoms with Gasteiger partial charge in [-0.1, -0.05) is 23.8 Å². The number of benzene rings is 2. The number of likely N-dealkylation sites (N-methyl/N-ethyl adjacent to an activating group) is 1. The van der Waals surface area contributed by atoms with Crippen LogP contribution >= 0.6 is 0 Å². The third kappa shape index (κ3) is 3.98. The van der Waals surface area contributed by atoms with E-state index in [0.29, 0.717) is 17.1 Å². The van der Waals surface area contributed by atoms with Crippen LogP contribution in [0.1, 0.15) is 11.1 Å². The summed E-state index contributed by atoms with van der Waals surface area (Å²) < 4.78 is 5.29. The van der Waals surface area contributed by atoms with Crippen LogP contribution in [-0.4, -0.2) is 50.3 Å². The molecular weight excluding hydrogens is 374 g/mol. The molecule has 0 aliphatic carbocycles. The molecule has 1 aliphatic rings. The second kappa shape index (κ2) is 8.52. The van der Waals surface area contributed by atoms with E-state index in [1.54, 1.807) is 7.11 Å². The van der Waals surface area contributed by atoms with Gasteiger partial charge in [-0.05, 0) is 37.3 Å². The molecule has 0 unspecified atom stereocenters. The van der Waals surface area contributed by atoms with Gasteiger partial charge in [-0.3, -0.25) is 0 Å². The van der Waals surface area contributed by atoms with E-state index in [-0.39, 0.29) is 0 Å². The molecule has 1 N–H and O–H groups in total. The van der Waals surface area contributed by atoms with Crippen LogP contribution in [0.4, 0.5) is 5.82 Å². The summed E-state index contributed by atoms with van der Waals surface area (Å²) in [6.45, 7) is 5.83. The number of quaternary nitrogens is 1. The molecule has 1 fully saturated rings. The van der Waals surface area contributed by atoms with E-state index in [2.05, 4.69) is 37.1 Å². The van der Waals surface area contributed by atoms with Crippen LogP contribution in [0.15, 0.2) is 48.5 Å². The van der Waals surface area contributed by atoms with Crippen molar-refractivity contribution in [1.29, 1.82) is 5.26 Å². The molecule has 152 valence electrons. The van der Waals surface area contributed by atoms with Crippen LogP contribution in [0.5, 0.6) is 5.75 Å². The van der Waals surface area contributed by atoms with Gasteiger partial charge in [-0.2, -0.15) is 5.26 Å². The molecule has 4 rings (SSSR count). The van der Waals surface area contributed by atoms with Crippen molar-refractivity contribution in [3.63, 3.8) is 0 Å². The lowest BCUT2D eigenvalue weighted by Gasteiger charge is -2.31. The lowest BCUT2D eigenvalue weighted by atomic mass is 10.0. The van der Waals surface area contributed by atoms with E-state index in [0.717, 1.165) is 54.4 Å². The molecule has 6 nitrogen and oxygen atoms in total. The molecule has 2 heterocycles. The third-order valence-electron chi connectivity index (χ3n) is 5.56. The highest BCUT2D eigenvalue weighted by Crippen LogP contribution is 2.32. The number of nitrogens with one attached hydrogen (secondary N) is 1. The summed E-state index contributed by atoms with van der Waals surface area (Å²) in [6.07, 6.45) is 0. The Morgan fingerprint density at radius 1 is 1.03 bits per heavy atom. The van der Waals surface area contributed by atoms with Crippen molar-refractivity contribution in [3.05, 3.63) is 59.7 Å². The van der Waals surface area contributed by atoms with Gasteiger partial charge in [0.2, 0.25) is 0 Å². The molecule has 0 spiro atoms. The molecular formula is C24H26N5O+. The number of hydrogen-bond donors (Lipinski definition) is 1. The van der Waals surface area contributed by atoms with Gasteiger partial charge >= 0.3 is 0 Å². The molecule has 1 aromatic heterocycles. The van der Waals surface area contributed by atoms with E-state index < -0.39 is 0 Å². The van der Waals surface area contributed by atoms with Crippen molar-refractivity contribution in [1.82, 2.24) is 9.97 Å². The number of nitrogens with zero attached hydrogens (tertiary/aromatic N) is 4. The van der Waals surface area contributed by atoms with Crippen molar-refractivity contribution in [3.8, 4) is 34.5 Å². The van der Waals surface area contributed by atoms with Gasteiger partial charge in [-0.25, -0.2) is 9.97 Å². The Morgan fingerprint density at radius 3 is 2.40 bits per heavy atom. The fraction of sp³-hybridized carbons (Fsp3) is 0.292. The van der Waals surface area contributed by atoms with Gasteiger partial charge in [0.05, 0.1) is 46.0 Å². The minimum absolute atomic E-state index is 0.524. The van der Waals surface area contributed by atoms with Crippen molar-refractivity contribution >= 4 is 5.82 Å². The highest BCUT2D eigenvalue weighted by Gasteiger charge is 2.25. The molecule has 1 saturated heterocycles. The average Bonchev–Trinajstić information content (AvgIpc) is 2.79. The number of anilines is 1. The van der Waals surface area contributed by atoms with Gasteiger partial charge in [0.15, 0.2) is 11.6 Å². The fourth-order valence-electron chi connectivity index (χ4n) is 3.75. The fourth-order valence-corrected chi connectivity index (χ4v) is 3.75. The lowest BCUT2D eigenvalue weighted by Crippen LogP contribution is -3.12. The van der Waals surface area contributed by atoms with E-state index >= 15 is 0 Å². The first kappa shape index (κ1) is 19.9. The number of rotatable bonds is 4. The first-order valence-electron chi connectivity index (χ1n) is 10.2. The molecule has 0 radical (unpaired) electrons. The quantitative estimate of drug-likeness (QED) is 0.728. The van der Waals surface area contributed by atoms with Crippen molar-refractivity contribution in [2.45, 2.75) is 6.92 Å². The van der Waals surface area contributed by atoms with Crippen molar-refractivity contribution in [2.24, 2.45) is 0 Å². The average molecular weight is 401 g/mol. The van der Waals surface area contributed by atoms with Crippen LogP contribution < -0.4 is 14.5 Å². The zero-order valence-corrected chi connectivity index (χ0v) is 17.6. The monoisotopic (exact) mass is 400 g/mol. The summed E-state index contributed by atoms with van der Waals surface area (Å²) in [5.74, 6) is 2.14. The molecule has 1 aliphatic heterocycles. The van der Waals surface area contributed by atoms with E-state index in [1.807, 2.05) is 36.4 Å². The number of nitriles is 1. The summed E-state index contributed by atoms with van der Waals surface area (Å²) >= 11 is 0. The Labute approximate surface area is 177 Å². The predicted molar refractivity (Wildman–Crippen MR) is 118 cm³/mol. The maximum absolute atomic E-state index is 10.1. The van der Waals surface area contributed by atoms with Gasteiger partial charge in [0.25, 0.3) is 0 Å². The standard InChI is InChI=1S/C24H25N5O/c1-17-5-4-6-19(15-17)23-26-22(18-7-9-20(30-3)10-8-18)21(16-25)24(27-23)29-13-11-28(2)12-14-29/h4-10,15H,11-14H2,1-3H3/p+1. The summed E-state index contributed by atoms with van der Waals surface area (Å²) in [4.78, 5) is 13.4. The Kier molecular flexibility index (Phi) is 5.64. The molecule has 0 bridgehead atoms. The summed E-state index contributed by atoms with van der Waals surface area (Å²) in [6, 6.07) is 18.2. The summed E-state index contributed by atoms with van der Waals surface area (Å²) in [5.41, 5.74) is 4.17. The van der Waals surface area contributed by atoms with Crippen LogP contribution in [0.25, 0.3) is 22.6 Å². The largest absolute Gasteiger partial charge is 0.497 e. The van der Waals surface area contributed by atoms with E-state index in [9.17, 15) is 5.26 Å². The maximum atomic E-state index is 10.1. The molecule has 2 aromatic carbocycles. The Hall–Kier alpha value is -3.43. The Balaban J connectivity index is 1.89. The topological polar surface area (TPSA) is 66.5 Å². The number of aromatic nitrogens is 2. The second-order valence-corrected chi connectivity index (χ2v) is 7.75. The number of hydrogen-bond acceptors (Lipinski definition) is 5. The Bertz CT molecular complexity index is 1080. The van der Waals surface area contributed by atoms with Crippen LogP contribution in [-0.2, 0) is 0 Å². The molecule has 0 amide bonds. The van der Waals surface area contributed by atoms with Gasteiger partial charge in [0, 0.05) is 11.1 Å². The molecule has 30 heavy (non-hydrogen) atoms. The second-order valence-electron chi connectivity index (χ2n) is 7.75. The number of aryl methyl sites for hydroxylation is 1. The van der Waals surface area contributed by atoms with Crippen LogP contribution in [0, 0.1) is 18.3 Å². The number of methoxy groups -OCH3 is 1. The number of ether oxygens (including phenoxy) is 1. The zero-order chi connectivity index (χ0) is 21.1.